The van der Waals surface area contributed by atoms with Crippen LogP contribution in [0, 0.1) is 0 Å². The third-order valence-electron chi connectivity index (χ3n) is 10.1. The average Bonchev–Trinajstić information content (AvgIpc) is 4.02. The molecule has 0 aliphatic carbocycles. The number of hydrogen-bond acceptors (Lipinski definition) is 6. The number of rotatable bonds is 14. The van der Waals surface area contributed by atoms with E-state index in [4.69, 9.17) is 0 Å². The van der Waals surface area contributed by atoms with Crippen LogP contribution in [0.15, 0.2) is 95.7 Å². The topological polar surface area (TPSA) is 40.6 Å². The quantitative estimate of drug-likeness (QED) is 0.0820. The van der Waals surface area contributed by atoms with Gasteiger partial charge in [-0.05, 0) is 83.3 Å². The molecule has 6 aromatic rings. The number of carbonyl (C=O) groups is 2. The van der Waals surface area contributed by atoms with Crippen molar-refractivity contribution in [3.63, 3.8) is 0 Å². The lowest BCUT2D eigenvalue weighted by molar-refractivity contribution is -0.114. The van der Waals surface area contributed by atoms with Crippen molar-refractivity contribution in [1.82, 2.24) is 0 Å². The van der Waals surface area contributed by atoms with Gasteiger partial charge in [0.2, 0.25) is 0 Å². The number of amides is 2. The minimum Gasteiger partial charge on any atom is -0.308 e. The zero-order valence-corrected chi connectivity index (χ0v) is 32.9. The summed E-state index contributed by atoms with van der Waals surface area (Å²) in [5.74, 6) is -0.113. The van der Waals surface area contributed by atoms with Crippen molar-refractivity contribution in [3.05, 3.63) is 107 Å². The Bertz CT molecular complexity index is 2080. The highest BCUT2D eigenvalue weighted by Gasteiger charge is 2.42. The molecule has 2 aliphatic heterocycles. The maximum Gasteiger partial charge on any atom is 0.259 e. The summed E-state index contributed by atoms with van der Waals surface area (Å²) >= 11 is 7.06. The summed E-state index contributed by atoms with van der Waals surface area (Å²) in [6.45, 7) is 5.70. The fourth-order valence-corrected chi connectivity index (χ4v) is 11.0. The molecular weight excluding hydrogens is 717 g/mol. The molecule has 0 saturated carbocycles. The van der Waals surface area contributed by atoms with Crippen LogP contribution in [0.1, 0.15) is 76.3 Å². The molecule has 0 saturated heterocycles. The lowest BCUT2D eigenvalue weighted by Crippen LogP contribution is -2.30. The summed E-state index contributed by atoms with van der Waals surface area (Å²) in [5, 5.41) is 4.22. The Kier molecular flexibility index (Phi) is 10.4. The van der Waals surface area contributed by atoms with Gasteiger partial charge in [-0.15, -0.1) is 45.3 Å². The molecule has 2 amide bonds. The number of benzene rings is 2. The summed E-state index contributed by atoms with van der Waals surface area (Å²) in [5.41, 5.74) is 6.86. The lowest BCUT2D eigenvalue weighted by Gasteiger charge is -2.18. The number of hydrogen-bond donors (Lipinski definition) is 0. The maximum atomic E-state index is 14.7. The fraction of sp³-hybridized carbons (Fsp3) is 0.273. The van der Waals surface area contributed by atoms with Crippen LogP contribution in [-0.2, 0) is 9.59 Å². The second-order valence-corrected chi connectivity index (χ2v) is 17.6. The molecule has 4 nitrogen and oxygen atoms in total. The van der Waals surface area contributed by atoms with Crippen LogP contribution in [0.5, 0.6) is 0 Å². The molecule has 0 atom stereocenters. The van der Waals surface area contributed by atoms with Gasteiger partial charge in [0.1, 0.15) is 0 Å². The van der Waals surface area contributed by atoms with Crippen LogP contribution in [0.4, 0.5) is 11.4 Å². The van der Waals surface area contributed by atoms with Gasteiger partial charge in [0.25, 0.3) is 11.8 Å². The van der Waals surface area contributed by atoms with Crippen LogP contribution < -0.4 is 9.80 Å². The number of carbonyl (C=O) groups excluding carboxylic acids is 2. The Balaban J connectivity index is 1.21. The van der Waals surface area contributed by atoms with E-state index in [0.29, 0.717) is 24.2 Å². The normalized spacial score (nSPS) is 15.3. The summed E-state index contributed by atoms with van der Waals surface area (Å²) < 4.78 is 0. The number of fused-ring (bicyclic) bond motifs is 2. The van der Waals surface area contributed by atoms with Gasteiger partial charge >= 0.3 is 0 Å². The van der Waals surface area contributed by atoms with Crippen molar-refractivity contribution in [2.75, 3.05) is 22.9 Å². The van der Waals surface area contributed by atoms with Crippen LogP contribution >= 0.6 is 45.3 Å². The molecular formula is C44H42N2O2S4. The molecule has 2 aromatic carbocycles. The van der Waals surface area contributed by atoms with Gasteiger partial charge in [0.05, 0.1) is 22.5 Å². The molecule has 4 aromatic heterocycles. The summed E-state index contributed by atoms with van der Waals surface area (Å²) in [4.78, 5) is 40.7. The van der Waals surface area contributed by atoms with E-state index in [1.165, 1.54) is 29.3 Å². The first kappa shape index (κ1) is 35.0. The van der Waals surface area contributed by atoms with Gasteiger partial charge in [-0.2, -0.15) is 0 Å². The standard InChI is InChI=1S/C44H42N2O2S4/c1-3-5-7-9-23-45-33-27-29(35-19-21-39(51-35)37-13-11-25-49-37)15-17-31(33)41(43(45)47)42-32-18-16-30(36-20-22-40(52-36)38-14-12-26-50-38)28-34(32)46(44(42)48)24-10-8-6-4-2/h11-22,25-28H,3-10,23-24H2,1-2H3/b42-41+. The van der Waals surface area contributed by atoms with E-state index in [1.54, 1.807) is 45.3 Å². The van der Waals surface area contributed by atoms with Crippen molar-refractivity contribution in [2.45, 2.75) is 65.2 Å². The van der Waals surface area contributed by atoms with E-state index in [1.807, 2.05) is 9.80 Å². The number of anilines is 2. The SMILES string of the molecule is CCCCCCN1C(=O)/C(=C2/C(=O)N(CCCCCC)c3cc(-c4ccc(-c5cccs5)s4)ccc32)c2ccc(-c3ccc(-c4cccs4)s3)cc21. The van der Waals surface area contributed by atoms with Gasteiger partial charge in [-0.1, -0.05) is 88.8 Å². The fourth-order valence-electron chi connectivity index (χ4n) is 7.37. The first-order valence-electron chi connectivity index (χ1n) is 18.5. The van der Waals surface area contributed by atoms with Crippen molar-refractivity contribution < 1.29 is 9.59 Å². The van der Waals surface area contributed by atoms with Crippen molar-refractivity contribution in [2.24, 2.45) is 0 Å². The maximum absolute atomic E-state index is 14.7. The smallest absolute Gasteiger partial charge is 0.259 e. The summed E-state index contributed by atoms with van der Waals surface area (Å²) in [6, 6.07) is 30.0. The molecule has 8 heteroatoms. The third kappa shape index (κ3) is 6.66. The van der Waals surface area contributed by atoms with E-state index in [9.17, 15) is 9.59 Å². The number of unbranched alkanes of at least 4 members (excludes halogenated alkanes) is 6. The van der Waals surface area contributed by atoms with Crippen LogP contribution in [0.3, 0.4) is 0 Å². The molecule has 0 fully saturated rings. The van der Waals surface area contributed by atoms with Crippen LogP contribution in [0.25, 0.3) is 51.5 Å². The van der Waals surface area contributed by atoms with E-state index in [2.05, 4.69) is 110 Å². The number of nitrogens with zero attached hydrogens (tertiary/aromatic N) is 2. The van der Waals surface area contributed by atoms with Crippen molar-refractivity contribution >= 4 is 79.7 Å². The monoisotopic (exact) mass is 758 g/mol. The molecule has 0 spiro atoms. The van der Waals surface area contributed by atoms with Gasteiger partial charge in [-0.3, -0.25) is 9.59 Å². The van der Waals surface area contributed by atoms with Gasteiger partial charge < -0.3 is 9.80 Å². The summed E-state index contributed by atoms with van der Waals surface area (Å²) in [7, 11) is 0. The molecule has 0 unspecified atom stereocenters. The Hall–Kier alpha value is -4.08. The lowest BCUT2D eigenvalue weighted by atomic mass is 9.95. The first-order valence-corrected chi connectivity index (χ1v) is 21.9. The van der Waals surface area contributed by atoms with Crippen molar-refractivity contribution in [1.29, 1.82) is 0 Å². The first-order chi connectivity index (χ1) is 25.6. The summed E-state index contributed by atoms with van der Waals surface area (Å²) in [6.07, 6.45) is 8.56. The predicted molar refractivity (Wildman–Crippen MR) is 226 cm³/mol. The van der Waals surface area contributed by atoms with Crippen molar-refractivity contribution in [3.8, 4) is 40.4 Å². The molecule has 0 bridgehead atoms. The highest BCUT2D eigenvalue weighted by Crippen LogP contribution is 2.50. The minimum atomic E-state index is -0.0563. The van der Waals surface area contributed by atoms with E-state index >= 15 is 0 Å². The van der Waals surface area contributed by atoms with Gasteiger partial charge in [-0.25, -0.2) is 0 Å². The predicted octanol–water partition coefficient (Wildman–Crippen LogP) is 13.4. The zero-order chi connectivity index (χ0) is 35.6. The minimum absolute atomic E-state index is 0.0563. The highest BCUT2D eigenvalue weighted by atomic mass is 32.1. The largest absolute Gasteiger partial charge is 0.308 e. The highest BCUT2D eigenvalue weighted by molar-refractivity contribution is 7.23. The molecule has 8 rings (SSSR count). The van der Waals surface area contributed by atoms with Crippen LogP contribution in [-0.4, -0.2) is 24.9 Å². The molecule has 52 heavy (non-hydrogen) atoms. The number of thiophene rings is 4. The molecule has 6 heterocycles. The third-order valence-corrected chi connectivity index (χ3v) is 14.5. The second kappa shape index (κ2) is 15.5. The van der Waals surface area contributed by atoms with E-state index in [-0.39, 0.29) is 11.8 Å². The van der Waals surface area contributed by atoms with E-state index in [0.717, 1.165) is 85.0 Å². The molecule has 0 radical (unpaired) electrons. The second-order valence-electron chi connectivity index (χ2n) is 13.5. The van der Waals surface area contributed by atoms with Gasteiger partial charge in [0.15, 0.2) is 0 Å². The Morgan fingerprint density at radius 3 is 1.33 bits per heavy atom. The average molecular weight is 759 g/mol. The van der Waals surface area contributed by atoms with E-state index < -0.39 is 0 Å². The molecule has 264 valence electrons. The Morgan fingerprint density at radius 2 is 0.923 bits per heavy atom. The van der Waals surface area contributed by atoms with Gasteiger partial charge in [0, 0.05) is 53.5 Å². The zero-order valence-electron chi connectivity index (χ0n) is 29.7. The van der Waals surface area contributed by atoms with Crippen LogP contribution in [0.2, 0.25) is 0 Å². The molecule has 2 aliphatic rings. The Morgan fingerprint density at radius 1 is 0.481 bits per heavy atom. The Labute approximate surface area is 322 Å². The molecule has 0 N–H and O–H groups in total.